The van der Waals surface area contributed by atoms with E-state index in [0.717, 1.165) is 6.42 Å². The molecular weight excluding hydrogens is 569 g/mol. The zero-order chi connectivity index (χ0) is 29.8. The normalized spacial score (nSPS) is 30.5. The molecule has 0 spiro atoms. The molecule has 0 radical (unpaired) electrons. The van der Waals surface area contributed by atoms with Crippen molar-refractivity contribution in [3.8, 4) is 0 Å². The lowest BCUT2D eigenvalue weighted by atomic mass is 9.73. The lowest BCUT2D eigenvalue weighted by Gasteiger charge is -2.47. The Morgan fingerprint density at radius 1 is 1.29 bits per heavy atom. The summed E-state index contributed by atoms with van der Waals surface area (Å²) in [7, 11) is 0. The summed E-state index contributed by atoms with van der Waals surface area (Å²) >= 11 is 1.36. The highest BCUT2D eigenvalue weighted by atomic mass is 32.2. The fourth-order valence-corrected chi connectivity index (χ4v) is 7.85. The van der Waals surface area contributed by atoms with E-state index in [1.807, 2.05) is 6.92 Å². The Labute approximate surface area is 237 Å². The molecule has 3 saturated heterocycles. The number of carbonyl (C=O) groups excluding carboxylic acids is 3. The monoisotopic (exact) mass is 600 g/mol. The molecule has 5 rings (SSSR count). The van der Waals surface area contributed by atoms with Gasteiger partial charge in [-0.1, -0.05) is 13.8 Å². The molecule has 3 fully saturated rings. The number of carboxylic acids is 1. The van der Waals surface area contributed by atoms with Crippen LogP contribution in [0, 0.1) is 17.8 Å². The van der Waals surface area contributed by atoms with Crippen molar-refractivity contribution >= 4 is 35.3 Å². The molecule has 41 heavy (non-hydrogen) atoms. The second-order valence-electron chi connectivity index (χ2n) is 11.2. The Morgan fingerprint density at radius 3 is 2.66 bits per heavy atom. The standard InChI is InChI=1S/C24H31F3N8O5S/c1-10(5-13(36)9-34-23(24(25,26)27)30-31-32-34)16-17-11(2)19(18(22(39)40)35(17)21(16)38)41-14-6-15(29-7-14)20(37)33-4-3-12(28)8-33/h10-12,14-17,29H,3-9,28H2,1-2H3,(H,39,40)/t10-,11+,12+,14-,15?,16+,17+/m0/s1. The second kappa shape index (κ2) is 11.0. The first-order chi connectivity index (χ1) is 19.3. The van der Waals surface area contributed by atoms with Gasteiger partial charge in [-0.05, 0) is 29.2 Å². The average Bonchev–Trinajstić information content (AvgIpc) is 3.66. The number of ketones is 1. The Balaban J connectivity index is 1.23. The van der Waals surface area contributed by atoms with Gasteiger partial charge >= 0.3 is 12.1 Å². The Bertz CT molecular complexity index is 1290. The number of nitrogens with two attached hydrogens (primary N) is 1. The molecule has 4 N–H and O–H groups in total. The molecule has 4 aliphatic heterocycles. The maximum Gasteiger partial charge on any atom is 0.453 e. The van der Waals surface area contributed by atoms with Crippen molar-refractivity contribution in [2.24, 2.45) is 23.5 Å². The number of likely N-dealkylation sites (tertiary alicyclic amines) is 1. The second-order valence-corrected chi connectivity index (χ2v) is 12.5. The Morgan fingerprint density at radius 2 is 2.02 bits per heavy atom. The minimum Gasteiger partial charge on any atom is -0.477 e. The number of carboxylic acid groups (broad SMARTS) is 1. The van der Waals surface area contributed by atoms with E-state index >= 15 is 0 Å². The number of fused-ring (bicyclic) bond motifs is 1. The van der Waals surface area contributed by atoms with E-state index in [-0.39, 0.29) is 41.3 Å². The lowest BCUT2D eigenvalue weighted by Crippen LogP contribution is -2.62. The van der Waals surface area contributed by atoms with Gasteiger partial charge in [0.05, 0.1) is 18.0 Å². The van der Waals surface area contributed by atoms with Crippen molar-refractivity contribution in [1.82, 2.24) is 35.3 Å². The number of Topliss-reactive ketones (excluding diaryl/α,β-unsaturated/α-hetero) is 1. The molecule has 1 aromatic rings. The number of halogens is 3. The summed E-state index contributed by atoms with van der Waals surface area (Å²) in [5.41, 5.74) is 5.84. The number of hydrogen-bond acceptors (Lipinski definition) is 10. The van der Waals surface area contributed by atoms with Crippen molar-refractivity contribution in [3.05, 3.63) is 16.4 Å². The topological polar surface area (TPSA) is 177 Å². The quantitative estimate of drug-likeness (QED) is 0.327. The maximum atomic E-state index is 13.2. The summed E-state index contributed by atoms with van der Waals surface area (Å²) in [5.74, 6) is -5.22. The summed E-state index contributed by atoms with van der Waals surface area (Å²) in [6.07, 6.45) is -3.77. The molecule has 7 atom stereocenters. The number of carbonyl (C=O) groups is 4. The van der Waals surface area contributed by atoms with Crippen LogP contribution in [0.4, 0.5) is 13.2 Å². The van der Waals surface area contributed by atoms with Crippen LogP contribution >= 0.6 is 11.8 Å². The van der Waals surface area contributed by atoms with Crippen LogP contribution in [0.5, 0.6) is 0 Å². The first-order valence-electron chi connectivity index (χ1n) is 13.4. The molecule has 224 valence electrons. The number of nitrogens with zero attached hydrogens (tertiary/aromatic N) is 6. The fraction of sp³-hybridized carbons (Fsp3) is 0.708. The first kappa shape index (κ1) is 29.4. The van der Waals surface area contributed by atoms with E-state index in [2.05, 4.69) is 20.8 Å². The van der Waals surface area contributed by atoms with Gasteiger partial charge in [0, 0.05) is 48.2 Å². The number of thioether (sulfide) groups is 1. The number of hydrogen-bond donors (Lipinski definition) is 3. The van der Waals surface area contributed by atoms with Gasteiger partial charge in [-0.2, -0.15) is 13.2 Å². The fourth-order valence-electron chi connectivity index (χ4n) is 6.37. The van der Waals surface area contributed by atoms with Crippen molar-refractivity contribution in [3.63, 3.8) is 0 Å². The van der Waals surface area contributed by atoms with Crippen LogP contribution in [0.3, 0.4) is 0 Å². The maximum absolute atomic E-state index is 13.2. The third-order valence-corrected chi connectivity index (χ3v) is 9.80. The number of aromatic nitrogens is 4. The summed E-state index contributed by atoms with van der Waals surface area (Å²) < 4.78 is 39.5. The van der Waals surface area contributed by atoms with E-state index in [1.54, 1.807) is 11.8 Å². The van der Waals surface area contributed by atoms with Gasteiger partial charge in [0.25, 0.3) is 5.82 Å². The van der Waals surface area contributed by atoms with Gasteiger partial charge in [-0.15, -0.1) is 16.9 Å². The number of rotatable bonds is 9. The average molecular weight is 601 g/mol. The number of β-lactam (4-membered cyclic amide) rings is 1. The van der Waals surface area contributed by atoms with Crippen molar-refractivity contribution < 1.29 is 37.5 Å². The van der Waals surface area contributed by atoms with Crippen molar-refractivity contribution in [2.75, 3.05) is 19.6 Å². The van der Waals surface area contributed by atoms with Gasteiger partial charge in [-0.3, -0.25) is 14.4 Å². The minimum atomic E-state index is -4.82. The molecule has 0 bridgehead atoms. The zero-order valence-corrected chi connectivity index (χ0v) is 23.2. The first-order valence-corrected chi connectivity index (χ1v) is 14.3. The predicted octanol–water partition coefficient (Wildman–Crippen LogP) is 0.0834. The molecular formula is C24H31F3N8O5S. The summed E-state index contributed by atoms with van der Waals surface area (Å²) in [5, 5.41) is 22.3. The number of alkyl halides is 3. The SMILES string of the molecule is C[C@@H](CC(=O)Cn1nnnc1C(F)(F)F)[C@H]1C(=O)N2C(C(=O)O)=C(S[C@@H]3CNC(C(=O)N4CC[C@@H](N)C4)C3)[C@H](C)[C@H]12. The highest BCUT2D eigenvalue weighted by molar-refractivity contribution is 8.03. The Kier molecular flexibility index (Phi) is 7.88. The van der Waals surface area contributed by atoms with Gasteiger partial charge < -0.3 is 26.0 Å². The van der Waals surface area contributed by atoms with Gasteiger partial charge in [0.15, 0.2) is 5.78 Å². The van der Waals surface area contributed by atoms with Crippen LogP contribution in [0.1, 0.15) is 38.9 Å². The van der Waals surface area contributed by atoms with E-state index in [1.165, 1.54) is 16.7 Å². The largest absolute Gasteiger partial charge is 0.477 e. The molecule has 0 aliphatic carbocycles. The van der Waals surface area contributed by atoms with Crippen LogP contribution in [0.15, 0.2) is 10.6 Å². The molecule has 5 heterocycles. The number of nitrogens with one attached hydrogen (secondary N) is 1. The van der Waals surface area contributed by atoms with E-state index < -0.39 is 54.1 Å². The van der Waals surface area contributed by atoms with Crippen LogP contribution in [0.2, 0.25) is 0 Å². The van der Waals surface area contributed by atoms with Gasteiger partial charge in [0.2, 0.25) is 11.8 Å². The third kappa shape index (κ3) is 5.46. The highest BCUT2D eigenvalue weighted by Gasteiger charge is 2.60. The number of tetrazole rings is 1. The molecule has 13 nitrogen and oxygen atoms in total. The zero-order valence-electron chi connectivity index (χ0n) is 22.4. The molecule has 1 aromatic heterocycles. The Hall–Kier alpha value is -3.05. The van der Waals surface area contributed by atoms with Gasteiger partial charge in [0.1, 0.15) is 12.2 Å². The predicted molar refractivity (Wildman–Crippen MR) is 137 cm³/mol. The highest BCUT2D eigenvalue weighted by Crippen LogP contribution is 2.53. The molecule has 1 unspecified atom stereocenters. The molecule has 2 amide bonds. The van der Waals surface area contributed by atoms with Crippen LogP contribution < -0.4 is 11.1 Å². The van der Waals surface area contributed by atoms with Crippen molar-refractivity contribution in [1.29, 1.82) is 0 Å². The number of aliphatic carboxylic acids is 1. The molecule has 0 aromatic carbocycles. The van der Waals surface area contributed by atoms with E-state index in [0.29, 0.717) is 35.6 Å². The minimum absolute atomic E-state index is 0.0189. The smallest absolute Gasteiger partial charge is 0.453 e. The van der Waals surface area contributed by atoms with Crippen LogP contribution in [-0.2, 0) is 31.9 Å². The molecule has 17 heteroatoms. The summed E-state index contributed by atoms with van der Waals surface area (Å²) in [6.45, 7) is 4.41. The van der Waals surface area contributed by atoms with E-state index in [4.69, 9.17) is 5.73 Å². The summed E-state index contributed by atoms with van der Waals surface area (Å²) in [4.78, 5) is 54.5. The molecule has 4 aliphatic rings. The van der Waals surface area contributed by atoms with Crippen LogP contribution in [0.25, 0.3) is 0 Å². The molecule has 0 saturated carbocycles. The van der Waals surface area contributed by atoms with Crippen LogP contribution in [-0.4, -0.2) is 102 Å². The lowest BCUT2D eigenvalue weighted by molar-refractivity contribution is -0.160. The summed E-state index contributed by atoms with van der Waals surface area (Å²) in [6, 6.07) is -0.910. The third-order valence-electron chi connectivity index (χ3n) is 8.28. The van der Waals surface area contributed by atoms with Gasteiger partial charge in [-0.25, -0.2) is 9.48 Å². The van der Waals surface area contributed by atoms with E-state index in [9.17, 15) is 37.5 Å². The van der Waals surface area contributed by atoms with Crippen molar-refractivity contribution in [2.45, 2.75) is 69.2 Å². The number of amides is 2.